The maximum atomic E-state index is 14.9. The smallest absolute Gasteiger partial charge is 0.410 e. The number of H-pyrrole nitrogens is 1. The first-order valence-corrected chi connectivity index (χ1v) is 22.6. The Morgan fingerprint density at radius 2 is 1.46 bits per heavy atom. The Morgan fingerprint density at radius 3 is 2.14 bits per heavy atom. The Bertz CT molecular complexity index is 2060. The van der Waals surface area contributed by atoms with Crippen LogP contribution in [0, 0.1) is 5.82 Å². The van der Waals surface area contributed by atoms with Crippen molar-refractivity contribution in [1.29, 1.82) is 0 Å². The predicted octanol–water partition coefficient (Wildman–Crippen LogP) is 8.00. The highest BCUT2D eigenvalue weighted by atomic mass is 19.1. The molecule has 0 bridgehead atoms. The van der Waals surface area contributed by atoms with Crippen molar-refractivity contribution in [3.05, 3.63) is 89.8 Å². The first-order valence-electron chi connectivity index (χ1n) is 22.6. The van der Waals surface area contributed by atoms with Crippen molar-refractivity contribution < 1.29 is 47.2 Å². The normalized spacial score (nSPS) is 13.6. The number of benzene rings is 2. The fourth-order valence-corrected chi connectivity index (χ4v) is 7.15. The number of ether oxygens (including phenoxy) is 6. The quantitative estimate of drug-likeness (QED) is 0.0386. The van der Waals surface area contributed by atoms with Crippen molar-refractivity contribution in [3.8, 4) is 17.1 Å². The number of piperidine rings is 1. The fraction of sp³-hybridized carbons (Fsp3) is 0.542. The van der Waals surface area contributed by atoms with Gasteiger partial charge in [-0.2, -0.15) is 0 Å². The molecule has 65 heavy (non-hydrogen) atoms. The van der Waals surface area contributed by atoms with Gasteiger partial charge in [-0.1, -0.05) is 18.9 Å². The fourth-order valence-electron chi connectivity index (χ4n) is 7.15. The lowest BCUT2D eigenvalue weighted by atomic mass is 9.86. The predicted molar refractivity (Wildman–Crippen MR) is 243 cm³/mol. The number of amides is 2. The standard InChI is InChI=1S/C48H66FN7O9/c1-47(2,3)65-46(59)56-24-20-48(21-25-56,45-52-43(54-55-45)36-18-22-50-23-19-36)53-39-14-12-13-37(33-39)44(58)51-35-38-34-40(16-17-41(38)49)64-28-11-6-5-9-26-61-29-31-63-32-30-62-27-10-7-8-15-42(57)60-4/h12-14,16-19,22-23,33-34,53H,5-11,15,20-21,24-32,35H2,1-4H3,(H,51,58)(H,52,54,55). The van der Waals surface area contributed by atoms with E-state index in [-0.39, 0.29) is 24.5 Å². The zero-order chi connectivity index (χ0) is 46.3. The molecule has 2 aromatic carbocycles. The van der Waals surface area contributed by atoms with Gasteiger partial charge in [0, 0.05) is 74.0 Å². The number of carbonyl (C=O) groups is 3. The molecule has 1 saturated heterocycles. The molecule has 5 rings (SSSR count). The lowest BCUT2D eigenvalue weighted by molar-refractivity contribution is -0.140. The van der Waals surface area contributed by atoms with E-state index in [1.54, 1.807) is 47.6 Å². The van der Waals surface area contributed by atoms with Gasteiger partial charge in [-0.25, -0.2) is 9.18 Å². The van der Waals surface area contributed by atoms with E-state index in [9.17, 15) is 18.8 Å². The molecule has 16 nitrogen and oxygen atoms in total. The van der Waals surface area contributed by atoms with E-state index >= 15 is 0 Å². The average Bonchev–Trinajstić information content (AvgIpc) is 3.81. The molecule has 0 unspecified atom stereocenters. The van der Waals surface area contributed by atoms with E-state index in [4.69, 9.17) is 23.7 Å². The highest BCUT2D eigenvalue weighted by Crippen LogP contribution is 2.36. The van der Waals surface area contributed by atoms with Gasteiger partial charge in [0.25, 0.3) is 5.91 Å². The van der Waals surface area contributed by atoms with Crippen LogP contribution < -0.4 is 15.4 Å². The second-order valence-corrected chi connectivity index (χ2v) is 16.9. The van der Waals surface area contributed by atoms with Crippen LogP contribution in [0.15, 0.2) is 67.0 Å². The maximum Gasteiger partial charge on any atom is 0.410 e. The zero-order valence-electron chi connectivity index (χ0n) is 38.3. The van der Waals surface area contributed by atoms with Crippen LogP contribution >= 0.6 is 0 Å². The highest BCUT2D eigenvalue weighted by molar-refractivity contribution is 5.95. The molecule has 0 spiro atoms. The van der Waals surface area contributed by atoms with Crippen molar-refractivity contribution in [2.45, 2.75) is 103 Å². The Morgan fingerprint density at radius 1 is 0.800 bits per heavy atom. The van der Waals surface area contributed by atoms with Crippen molar-refractivity contribution in [2.75, 3.05) is 71.8 Å². The molecule has 2 aromatic heterocycles. The average molecular weight is 904 g/mol. The number of esters is 1. The third-order valence-corrected chi connectivity index (χ3v) is 10.7. The summed E-state index contributed by atoms with van der Waals surface area (Å²) < 4.78 is 47.9. The molecule has 3 heterocycles. The van der Waals surface area contributed by atoms with E-state index in [1.807, 2.05) is 39.0 Å². The Balaban J connectivity index is 1.01. The maximum absolute atomic E-state index is 14.9. The molecule has 354 valence electrons. The first-order chi connectivity index (χ1) is 31.4. The molecule has 17 heteroatoms. The summed E-state index contributed by atoms with van der Waals surface area (Å²) in [6.45, 7) is 10.2. The topological polar surface area (TPSA) is 188 Å². The van der Waals surface area contributed by atoms with Crippen molar-refractivity contribution in [1.82, 2.24) is 30.4 Å². The van der Waals surface area contributed by atoms with Crippen LogP contribution in [-0.4, -0.2) is 115 Å². The number of carbonyl (C=O) groups excluding carboxylic acids is 3. The van der Waals surface area contributed by atoms with Gasteiger partial charge in [-0.3, -0.25) is 14.6 Å². The number of aromatic amines is 1. The minimum Gasteiger partial charge on any atom is -0.494 e. The van der Waals surface area contributed by atoms with Gasteiger partial charge in [-0.05, 0) is 114 Å². The molecule has 3 N–H and O–H groups in total. The molecular weight excluding hydrogens is 838 g/mol. The Kier molecular flexibility index (Phi) is 20.4. The summed E-state index contributed by atoms with van der Waals surface area (Å²) in [5.74, 6) is 0.737. The number of aromatic nitrogens is 4. The van der Waals surface area contributed by atoms with E-state index in [0.717, 1.165) is 50.5 Å². The number of methoxy groups -OCH3 is 1. The monoisotopic (exact) mass is 903 g/mol. The molecule has 1 aliphatic rings. The number of hydrogen-bond acceptors (Lipinski definition) is 13. The Labute approximate surface area is 381 Å². The number of nitrogens with zero attached hydrogens (tertiary/aromatic N) is 4. The lowest BCUT2D eigenvalue weighted by Crippen LogP contribution is -2.50. The van der Waals surface area contributed by atoms with E-state index in [1.165, 1.54) is 13.2 Å². The Hall–Kier alpha value is -5.65. The van der Waals surface area contributed by atoms with Gasteiger partial charge in [0.2, 0.25) is 0 Å². The second kappa shape index (κ2) is 26.3. The third-order valence-electron chi connectivity index (χ3n) is 10.7. The van der Waals surface area contributed by atoms with Crippen molar-refractivity contribution in [3.63, 3.8) is 0 Å². The molecule has 0 atom stereocenters. The number of hydrogen-bond donors (Lipinski definition) is 3. The van der Waals surface area contributed by atoms with Crippen LogP contribution in [0.25, 0.3) is 11.4 Å². The summed E-state index contributed by atoms with van der Waals surface area (Å²) in [5.41, 5.74) is 0.820. The van der Waals surface area contributed by atoms with Gasteiger partial charge in [0.05, 0.1) is 40.1 Å². The van der Waals surface area contributed by atoms with Crippen molar-refractivity contribution in [2.24, 2.45) is 0 Å². The van der Waals surface area contributed by atoms with Crippen LogP contribution in [0.4, 0.5) is 14.9 Å². The molecule has 1 aliphatic heterocycles. The number of nitrogens with one attached hydrogen (secondary N) is 3. The molecule has 0 saturated carbocycles. The summed E-state index contributed by atoms with van der Waals surface area (Å²) >= 11 is 0. The molecule has 0 radical (unpaired) electrons. The largest absolute Gasteiger partial charge is 0.494 e. The zero-order valence-corrected chi connectivity index (χ0v) is 38.3. The second-order valence-electron chi connectivity index (χ2n) is 16.9. The number of rotatable bonds is 27. The molecular formula is C48H66FN7O9. The molecule has 2 amide bonds. The number of anilines is 1. The summed E-state index contributed by atoms with van der Waals surface area (Å²) in [7, 11) is 1.40. The highest BCUT2D eigenvalue weighted by Gasteiger charge is 2.41. The minimum absolute atomic E-state index is 0.0283. The molecule has 0 aliphatic carbocycles. The SMILES string of the molecule is COC(=O)CCCCCOCCOCCOCCCCCCOc1ccc(F)c(CNC(=O)c2cccc(NC3(c4nnc(-c5ccncc5)[nH]4)CCN(C(=O)OC(C)(C)C)CC3)c2)c1. The van der Waals surface area contributed by atoms with Gasteiger partial charge < -0.3 is 48.9 Å². The number of halogens is 1. The van der Waals surface area contributed by atoms with Crippen LogP contribution in [0.1, 0.15) is 107 Å². The van der Waals surface area contributed by atoms with Crippen molar-refractivity contribution >= 4 is 23.7 Å². The van der Waals surface area contributed by atoms with Crippen LogP contribution in [0.5, 0.6) is 5.75 Å². The van der Waals surface area contributed by atoms with E-state index in [0.29, 0.717) is 113 Å². The number of likely N-dealkylation sites (tertiary alicyclic amines) is 1. The van der Waals surface area contributed by atoms with Crippen LogP contribution in [0.2, 0.25) is 0 Å². The minimum atomic E-state index is -0.756. The first kappa shape index (κ1) is 50.4. The van der Waals surface area contributed by atoms with Gasteiger partial charge in [0.1, 0.15) is 22.7 Å². The summed E-state index contributed by atoms with van der Waals surface area (Å²) in [6, 6.07) is 15.3. The van der Waals surface area contributed by atoms with E-state index in [2.05, 4.69) is 35.5 Å². The lowest BCUT2D eigenvalue weighted by Gasteiger charge is -2.41. The van der Waals surface area contributed by atoms with E-state index < -0.39 is 17.0 Å². The summed E-state index contributed by atoms with van der Waals surface area (Å²) in [6.07, 6.45) is 10.8. The molecule has 4 aromatic rings. The van der Waals surface area contributed by atoms with Gasteiger partial charge in [-0.15, -0.1) is 10.2 Å². The third kappa shape index (κ3) is 17.3. The number of pyridine rings is 1. The van der Waals surface area contributed by atoms with Crippen LogP contribution in [0.3, 0.4) is 0 Å². The summed E-state index contributed by atoms with van der Waals surface area (Å²) in [5, 5.41) is 15.5. The van der Waals surface area contributed by atoms with Crippen LogP contribution in [-0.2, 0) is 40.6 Å². The number of unbranched alkanes of at least 4 members (excludes halogenated alkanes) is 5. The van der Waals surface area contributed by atoms with Gasteiger partial charge >= 0.3 is 12.1 Å². The van der Waals surface area contributed by atoms with Gasteiger partial charge in [0.15, 0.2) is 11.6 Å². The molecule has 1 fully saturated rings. The summed E-state index contributed by atoms with van der Waals surface area (Å²) in [4.78, 5) is 46.7.